The van der Waals surface area contributed by atoms with E-state index in [4.69, 9.17) is 9.84 Å². The fourth-order valence-corrected chi connectivity index (χ4v) is 2.62. The van der Waals surface area contributed by atoms with Gasteiger partial charge in [0.05, 0.1) is 17.1 Å². The van der Waals surface area contributed by atoms with Gasteiger partial charge < -0.3 is 14.7 Å². The fraction of sp³-hybridized carbons (Fsp3) is 0.417. The van der Waals surface area contributed by atoms with Crippen LogP contribution in [0.3, 0.4) is 0 Å². The zero-order valence-electron chi connectivity index (χ0n) is 9.74. The number of carboxylic acid groups (broad SMARTS) is 1. The SMILES string of the molecule is COc1ccc(C2(N(C)C(=O)O)CC2)cc1Br. The molecular weight excluding hydrogens is 286 g/mol. The number of halogens is 1. The van der Waals surface area contributed by atoms with Crippen molar-refractivity contribution in [1.29, 1.82) is 0 Å². The lowest BCUT2D eigenvalue weighted by Crippen LogP contribution is -2.35. The molecule has 0 atom stereocenters. The summed E-state index contributed by atoms with van der Waals surface area (Å²) >= 11 is 3.42. The first kappa shape index (κ1) is 12.2. The van der Waals surface area contributed by atoms with Crippen LogP contribution in [-0.2, 0) is 5.54 Å². The molecule has 1 saturated carbocycles. The molecule has 1 aromatic rings. The summed E-state index contributed by atoms with van der Waals surface area (Å²) < 4.78 is 6.01. The highest BCUT2D eigenvalue weighted by Gasteiger charge is 2.50. The van der Waals surface area contributed by atoms with E-state index in [2.05, 4.69) is 15.9 Å². The minimum atomic E-state index is -0.894. The summed E-state index contributed by atoms with van der Waals surface area (Å²) in [5.74, 6) is 0.752. The van der Waals surface area contributed by atoms with E-state index < -0.39 is 6.09 Å². The van der Waals surface area contributed by atoms with Crippen LogP contribution in [0.5, 0.6) is 5.75 Å². The van der Waals surface area contributed by atoms with E-state index in [1.807, 2.05) is 18.2 Å². The van der Waals surface area contributed by atoms with Crippen LogP contribution in [0.2, 0.25) is 0 Å². The van der Waals surface area contributed by atoms with E-state index in [-0.39, 0.29) is 5.54 Å². The third-order valence-electron chi connectivity index (χ3n) is 3.34. The Kier molecular flexibility index (Phi) is 3.03. The van der Waals surface area contributed by atoms with Gasteiger partial charge in [0.2, 0.25) is 0 Å². The van der Waals surface area contributed by atoms with Gasteiger partial charge in [0.25, 0.3) is 0 Å². The summed E-state index contributed by atoms with van der Waals surface area (Å²) in [6, 6.07) is 5.72. The molecule has 1 amide bonds. The largest absolute Gasteiger partial charge is 0.496 e. The maximum Gasteiger partial charge on any atom is 0.407 e. The van der Waals surface area contributed by atoms with Gasteiger partial charge in [-0.3, -0.25) is 0 Å². The van der Waals surface area contributed by atoms with E-state index in [1.54, 1.807) is 14.2 Å². The Labute approximate surface area is 108 Å². The van der Waals surface area contributed by atoms with E-state index in [1.165, 1.54) is 4.90 Å². The number of methoxy groups -OCH3 is 1. The number of nitrogens with zero attached hydrogens (tertiary/aromatic N) is 1. The molecule has 17 heavy (non-hydrogen) atoms. The molecule has 0 unspecified atom stereocenters. The molecule has 0 heterocycles. The van der Waals surface area contributed by atoms with Crippen molar-refractivity contribution in [1.82, 2.24) is 4.90 Å². The minimum absolute atomic E-state index is 0.347. The summed E-state index contributed by atoms with van der Waals surface area (Å²) in [6.45, 7) is 0. The Morgan fingerprint density at radius 1 is 1.53 bits per heavy atom. The molecule has 0 radical (unpaired) electrons. The summed E-state index contributed by atoms with van der Waals surface area (Å²) in [5, 5.41) is 9.08. The van der Waals surface area contributed by atoms with Crippen molar-refractivity contribution < 1.29 is 14.6 Å². The number of rotatable bonds is 3. The number of benzene rings is 1. The number of ether oxygens (including phenoxy) is 1. The normalized spacial score (nSPS) is 16.4. The molecule has 4 nitrogen and oxygen atoms in total. The minimum Gasteiger partial charge on any atom is -0.496 e. The molecule has 0 spiro atoms. The topological polar surface area (TPSA) is 49.8 Å². The maximum atomic E-state index is 11.1. The van der Waals surface area contributed by atoms with Gasteiger partial charge in [-0.25, -0.2) is 4.79 Å². The zero-order chi connectivity index (χ0) is 12.6. The molecule has 92 valence electrons. The lowest BCUT2D eigenvalue weighted by Gasteiger charge is -2.26. The predicted molar refractivity (Wildman–Crippen MR) is 67.4 cm³/mol. The third-order valence-corrected chi connectivity index (χ3v) is 3.96. The van der Waals surface area contributed by atoms with Gasteiger partial charge in [-0.2, -0.15) is 0 Å². The van der Waals surface area contributed by atoms with Crippen molar-refractivity contribution in [2.45, 2.75) is 18.4 Å². The monoisotopic (exact) mass is 299 g/mol. The standard InChI is InChI=1S/C12H14BrNO3/c1-14(11(15)16)12(5-6-12)8-3-4-10(17-2)9(13)7-8/h3-4,7H,5-6H2,1-2H3,(H,15,16). The fourth-order valence-electron chi connectivity index (χ4n) is 2.08. The van der Waals surface area contributed by atoms with Crippen LogP contribution in [0.4, 0.5) is 4.79 Å². The first-order chi connectivity index (χ1) is 8.01. The number of amides is 1. The quantitative estimate of drug-likeness (QED) is 0.933. The first-order valence-electron chi connectivity index (χ1n) is 5.32. The average Bonchev–Trinajstić information content (AvgIpc) is 3.09. The first-order valence-corrected chi connectivity index (χ1v) is 6.11. The highest BCUT2D eigenvalue weighted by Crippen LogP contribution is 2.51. The van der Waals surface area contributed by atoms with Crippen LogP contribution in [0.15, 0.2) is 22.7 Å². The third kappa shape index (κ3) is 1.99. The number of hydrogen-bond acceptors (Lipinski definition) is 2. The van der Waals surface area contributed by atoms with Crippen LogP contribution in [0.1, 0.15) is 18.4 Å². The van der Waals surface area contributed by atoms with Gasteiger partial charge in [-0.15, -0.1) is 0 Å². The summed E-state index contributed by atoms with van der Waals surface area (Å²) in [5.41, 5.74) is 0.663. The number of carbonyl (C=O) groups is 1. The highest BCUT2D eigenvalue weighted by atomic mass is 79.9. The van der Waals surface area contributed by atoms with Gasteiger partial charge in [0, 0.05) is 7.05 Å². The lowest BCUT2D eigenvalue weighted by atomic mass is 10.0. The highest BCUT2D eigenvalue weighted by molar-refractivity contribution is 9.10. The van der Waals surface area contributed by atoms with E-state index >= 15 is 0 Å². The smallest absolute Gasteiger partial charge is 0.407 e. The van der Waals surface area contributed by atoms with Gasteiger partial charge >= 0.3 is 6.09 Å². The van der Waals surface area contributed by atoms with Crippen molar-refractivity contribution in [3.05, 3.63) is 28.2 Å². The second kappa shape index (κ2) is 4.22. The molecule has 5 heteroatoms. The van der Waals surface area contributed by atoms with Crippen molar-refractivity contribution >= 4 is 22.0 Å². The molecular formula is C12H14BrNO3. The Hall–Kier alpha value is -1.23. The molecule has 0 aliphatic heterocycles. The predicted octanol–water partition coefficient (Wildman–Crippen LogP) is 3.06. The molecule has 2 rings (SSSR count). The van der Waals surface area contributed by atoms with Crippen LogP contribution in [0, 0.1) is 0 Å². The molecule has 0 aromatic heterocycles. The second-order valence-electron chi connectivity index (χ2n) is 4.22. The van der Waals surface area contributed by atoms with E-state index in [9.17, 15) is 4.79 Å². The van der Waals surface area contributed by atoms with Crippen molar-refractivity contribution in [2.75, 3.05) is 14.2 Å². The van der Waals surface area contributed by atoms with Crippen molar-refractivity contribution in [3.63, 3.8) is 0 Å². The molecule has 1 aliphatic rings. The molecule has 1 fully saturated rings. The van der Waals surface area contributed by atoms with Crippen molar-refractivity contribution in [2.24, 2.45) is 0 Å². The number of hydrogen-bond donors (Lipinski definition) is 1. The molecule has 1 aliphatic carbocycles. The van der Waals surface area contributed by atoms with E-state index in [0.717, 1.165) is 28.6 Å². The Bertz CT molecular complexity index is 457. The molecule has 0 bridgehead atoms. The Balaban J connectivity index is 2.35. The molecule has 0 saturated heterocycles. The summed E-state index contributed by atoms with van der Waals surface area (Å²) in [7, 11) is 3.23. The summed E-state index contributed by atoms with van der Waals surface area (Å²) in [6.07, 6.45) is 0.845. The second-order valence-corrected chi connectivity index (χ2v) is 5.08. The van der Waals surface area contributed by atoms with Crippen LogP contribution < -0.4 is 4.74 Å². The Morgan fingerprint density at radius 2 is 2.18 bits per heavy atom. The average molecular weight is 300 g/mol. The van der Waals surface area contributed by atoms with Crippen LogP contribution >= 0.6 is 15.9 Å². The molecule has 1 aromatic carbocycles. The van der Waals surface area contributed by atoms with Gasteiger partial charge in [-0.1, -0.05) is 6.07 Å². The van der Waals surface area contributed by atoms with Gasteiger partial charge in [0.1, 0.15) is 5.75 Å². The lowest BCUT2D eigenvalue weighted by molar-refractivity contribution is 0.132. The Morgan fingerprint density at radius 3 is 2.59 bits per heavy atom. The van der Waals surface area contributed by atoms with Gasteiger partial charge in [-0.05, 0) is 46.5 Å². The van der Waals surface area contributed by atoms with Gasteiger partial charge in [0.15, 0.2) is 0 Å². The summed E-state index contributed by atoms with van der Waals surface area (Å²) in [4.78, 5) is 12.4. The maximum absolute atomic E-state index is 11.1. The zero-order valence-corrected chi connectivity index (χ0v) is 11.3. The van der Waals surface area contributed by atoms with Crippen molar-refractivity contribution in [3.8, 4) is 5.75 Å². The van der Waals surface area contributed by atoms with Crippen LogP contribution in [0.25, 0.3) is 0 Å². The van der Waals surface area contributed by atoms with Crippen LogP contribution in [-0.4, -0.2) is 30.3 Å². The van der Waals surface area contributed by atoms with E-state index in [0.29, 0.717) is 0 Å². The molecule has 1 N–H and O–H groups in total.